The Morgan fingerprint density at radius 3 is 2.22 bits per heavy atom. The third-order valence-corrected chi connectivity index (χ3v) is 4.46. The summed E-state index contributed by atoms with van der Waals surface area (Å²) in [7, 11) is 0. The standard InChI is InChI=1S/C14H9Cl3O/c1-6-3-8-9-5-10(15)12(16)13(17)14(9)18-11(8)4-7(6)2/h3-5H,1-2H3. The molecule has 0 unspecified atom stereocenters. The average Bonchev–Trinajstić information content (AvgIpc) is 2.66. The van der Waals surface area contributed by atoms with Crippen LogP contribution in [0.15, 0.2) is 22.6 Å². The van der Waals surface area contributed by atoms with Crippen molar-refractivity contribution in [2.45, 2.75) is 13.8 Å². The van der Waals surface area contributed by atoms with Gasteiger partial charge in [-0.15, -0.1) is 0 Å². The molecular weight excluding hydrogens is 291 g/mol. The molecule has 92 valence electrons. The van der Waals surface area contributed by atoms with E-state index in [9.17, 15) is 0 Å². The lowest BCUT2D eigenvalue weighted by Crippen LogP contribution is -1.79. The van der Waals surface area contributed by atoms with Gasteiger partial charge in [-0.05, 0) is 43.2 Å². The van der Waals surface area contributed by atoms with Gasteiger partial charge in [0.15, 0.2) is 5.58 Å². The third-order valence-electron chi connectivity index (χ3n) is 3.22. The van der Waals surface area contributed by atoms with E-state index in [1.807, 2.05) is 13.0 Å². The van der Waals surface area contributed by atoms with Crippen molar-refractivity contribution in [2.24, 2.45) is 0 Å². The fourth-order valence-electron chi connectivity index (χ4n) is 2.07. The van der Waals surface area contributed by atoms with Crippen LogP contribution in [0.25, 0.3) is 21.9 Å². The minimum Gasteiger partial charge on any atom is -0.454 e. The monoisotopic (exact) mass is 298 g/mol. The molecule has 1 nitrogen and oxygen atoms in total. The van der Waals surface area contributed by atoms with E-state index in [4.69, 9.17) is 39.2 Å². The van der Waals surface area contributed by atoms with Crippen molar-refractivity contribution in [3.8, 4) is 0 Å². The molecule has 0 aliphatic heterocycles. The Labute approximate surface area is 119 Å². The van der Waals surface area contributed by atoms with Crippen molar-refractivity contribution in [3.05, 3.63) is 44.4 Å². The van der Waals surface area contributed by atoms with Crippen LogP contribution >= 0.6 is 34.8 Å². The molecule has 0 bridgehead atoms. The van der Waals surface area contributed by atoms with Crippen molar-refractivity contribution in [1.82, 2.24) is 0 Å². The van der Waals surface area contributed by atoms with E-state index in [1.165, 1.54) is 11.1 Å². The predicted octanol–water partition coefficient (Wildman–Crippen LogP) is 6.16. The maximum absolute atomic E-state index is 6.17. The Morgan fingerprint density at radius 1 is 0.833 bits per heavy atom. The molecule has 4 heteroatoms. The Morgan fingerprint density at radius 2 is 1.50 bits per heavy atom. The van der Waals surface area contributed by atoms with Gasteiger partial charge in [0.25, 0.3) is 0 Å². The lowest BCUT2D eigenvalue weighted by atomic mass is 10.1. The molecule has 0 radical (unpaired) electrons. The number of hydrogen-bond acceptors (Lipinski definition) is 1. The second-order valence-corrected chi connectivity index (χ2v) is 5.56. The van der Waals surface area contributed by atoms with Crippen LogP contribution in [0.1, 0.15) is 11.1 Å². The molecule has 0 aliphatic rings. The summed E-state index contributed by atoms with van der Waals surface area (Å²) >= 11 is 18.3. The van der Waals surface area contributed by atoms with Gasteiger partial charge in [-0.25, -0.2) is 0 Å². The van der Waals surface area contributed by atoms with Gasteiger partial charge in [0.05, 0.1) is 10.0 Å². The highest BCUT2D eigenvalue weighted by atomic mass is 35.5. The van der Waals surface area contributed by atoms with E-state index < -0.39 is 0 Å². The van der Waals surface area contributed by atoms with Crippen LogP contribution in [0.5, 0.6) is 0 Å². The molecule has 0 N–H and O–H groups in total. The maximum Gasteiger partial charge on any atom is 0.155 e. The number of fused-ring (bicyclic) bond motifs is 3. The SMILES string of the molecule is Cc1cc2oc3c(Cl)c(Cl)c(Cl)cc3c2cc1C. The van der Waals surface area contributed by atoms with Gasteiger partial charge in [0.1, 0.15) is 10.6 Å². The zero-order valence-corrected chi connectivity index (χ0v) is 12.0. The number of aryl methyl sites for hydroxylation is 2. The molecule has 0 amide bonds. The number of furan rings is 1. The highest BCUT2D eigenvalue weighted by Gasteiger charge is 2.16. The molecular formula is C14H9Cl3O. The first-order valence-electron chi connectivity index (χ1n) is 5.46. The molecule has 3 rings (SSSR count). The fourth-order valence-corrected chi connectivity index (χ4v) is 2.71. The molecule has 0 saturated carbocycles. The fraction of sp³-hybridized carbons (Fsp3) is 0.143. The largest absolute Gasteiger partial charge is 0.454 e. The van der Waals surface area contributed by atoms with E-state index in [0.29, 0.717) is 20.7 Å². The molecule has 0 saturated heterocycles. The van der Waals surface area contributed by atoms with E-state index in [0.717, 1.165) is 16.4 Å². The molecule has 0 atom stereocenters. The Balaban J connectivity index is 2.56. The number of hydrogen-bond donors (Lipinski definition) is 0. The van der Waals surface area contributed by atoms with Gasteiger partial charge in [0.2, 0.25) is 0 Å². The first-order valence-corrected chi connectivity index (χ1v) is 6.59. The highest BCUT2D eigenvalue weighted by Crippen LogP contribution is 2.41. The summed E-state index contributed by atoms with van der Waals surface area (Å²) in [5.41, 5.74) is 3.77. The van der Waals surface area contributed by atoms with Crippen LogP contribution in [0.2, 0.25) is 15.1 Å². The zero-order valence-electron chi connectivity index (χ0n) is 9.77. The number of halogens is 3. The maximum atomic E-state index is 6.17. The Bertz CT molecular complexity index is 787. The Kier molecular flexibility index (Phi) is 2.74. The summed E-state index contributed by atoms with van der Waals surface area (Å²) in [5, 5.41) is 3.04. The summed E-state index contributed by atoms with van der Waals surface area (Å²) < 4.78 is 5.78. The van der Waals surface area contributed by atoms with Gasteiger partial charge >= 0.3 is 0 Å². The zero-order chi connectivity index (χ0) is 13.0. The molecule has 2 aromatic carbocycles. The van der Waals surface area contributed by atoms with Crippen LogP contribution < -0.4 is 0 Å². The number of benzene rings is 2. The summed E-state index contributed by atoms with van der Waals surface area (Å²) in [6.45, 7) is 4.11. The summed E-state index contributed by atoms with van der Waals surface area (Å²) in [6.07, 6.45) is 0. The molecule has 1 aromatic heterocycles. The first kappa shape index (κ1) is 12.2. The van der Waals surface area contributed by atoms with Crippen molar-refractivity contribution in [1.29, 1.82) is 0 Å². The van der Waals surface area contributed by atoms with E-state index in [1.54, 1.807) is 6.07 Å². The van der Waals surface area contributed by atoms with Crippen molar-refractivity contribution >= 4 is 56.7 Å². The van der Waals surface area contributed by atoms with Gasteiger partial charge in [-0.2, -0.15) is 0 Å². The van der Waals surface area contributed by atoms with Crippen molar-refractivity contribution < 1.29 is 4.42 Å². The highest BCUT2D eigenvalue weighted by molar-refractivity contribution is 6.50. The second kappa shape index (κ2) is 4.06. The average molecular weight is 300 g/mol. The minimum atomic E-state index is 0.332. The molecule has 3 aromatic rings. The molecule has 0 aliphatic carbocycles. The summed E-state index contributed by atoms with van der Waals surface area (Å²) in [6, 6.07) is 5.88. The van der Waals surface area contributed by atoms with E-state index in [2.05, 4.69) is 13.0 Å². The minimum absolute atomic E-state index is 0.332. The summed E-state index contributed by atoms with van der Waals surface area (Å²) in [5.74, 6) is 0. The number of rotatable bonds is 0. The van der Waals surface area contributed by atoms with Crippen molar-refractivity contribution in [2.75, 3.05) is 0 Å². The lowest BCUT2D eigenvalue weighted by Gasteiger charge is -2.00. The molecule has 18 heavy (non-hydrogen) atoms. The van der Waals surface area contributed by atoms with Crippen LogP contribution in [0, 0.1) is 13.8 Å². The topological polar surface area (TPSA) is 13.1 Å². The first-order chi connectivity index (χ1) is 8.49. The lowest BCUT2D eigenvalue weighted by molar-refractivity contribution is 0.668. The Hall–Kier alpha value is -0.890. The van der Waals surface area contributed by atoms with E-state index >= 15 is 0 Å². The van der Waals surface area contributed by atoms with Gasteiger partial charge in [-0.3, -0.25) is 0 Å². The molecule has 1 heterocycles. The molecule has 0 fully saturated rings. The predicted molar refractivity (Wildman–Crippen MR) is 78.2 cm³/mol. The van der Waals surface area contributed by atoms with Crippen LogP contribution in [-0.2, 0) is 0 Å². The molecule has 0 spiro atoms. The van der Waals surface area contributed by atoms with E-state index in [-0.39, 0.29) is 0 Å². The third kappa shape index (κ3) is 1.62. The van der Waals surface area contributed by atoms with Crippen LogP contribution in [0.4, 0.5) is 0 Å². The summed E-state index contributed by atoms with van der Waals surface area (Å²) in [4.78, 5) is 0. The van der Waals surface area contributed by atoms with Gasteiger partial charge in [-0.1, -0.05) is 34.8 Å². The second-order valence-electron chi connectivity index (χ2n) is 4.40. The van der Waals surface area contributed by atoms with Crippen molar-refractivity contribution in [3.63, 3.8) is 0 Å². The van der Waals surface area contributed by atoms with Gasteiger partial charge < -0.3 is 4.42 Å². The van der Waals surface area contributed by atoms with Gasteiger partial charge in [0, 0.05) is 10.8 Å². The quantitative estimate of drug-likeness (QED) is 0.453. The van der Waals surface area contributed by atoms with Crippen LogP contribution in [-0.4, -0.2) is 0 Å². The normalized spacial score (nSPS) is 11.6. The smallest absolute Gasteiger partial charge is 0.155 e. The van der Waals surface area contributed by atoms with Crippen LogP contribution in [0.3, 0.4) is 0 Å².